The van der Waals surface area contributed by atoms with Crippen LogP contribution in [0.25, 0.3) is 0 Å². The minimum absolute atomic E-state index is 0.0453. The summed E-state index contributed by atoms with van der Waals surface area (Å²) in [6.45, 7) is 1.77. The molecule has 1 unspecified atom stereocenters. The highest BCUT2D eigenvalue weighted by Crippen LogP contribution is 2.12. The SMILES string of the molecule is CC#CCCC(=O)C(N)c1ccccc1. The van der Waals surface area contributed by atoms with Gasteiger partial charge in [0.25, 0.3) is 0 Å². The van der Waals surface area contributed by atoms with Gasteiger partial charge in [0.1, 0.15) is 0 Å². The lowest BCUT2D eigenvalue weighted by Crippen LogP contribution is -2.20. The van der Waals surface area contributed by atoms with Crippen molar-refractivity contribution in [2.24, 2.45) is 5.73 Å². The standard InChI is InChI=1S/C13H15NO/c1-2-3-5-10-12(15)13(14)11-8-6-4-7-9-11/h4,6-9,13H,5,10,14H2,1H3. The number of Topliss-reactive ketones (excluding diaryl/α,β-unsaturated/α-hetero) is 1. The number of carbonyl (C=O) groups is 1. The highest BCUT2D eigenvalue weighted by atomic mass is 16.1. The van der Waals surface area contributed by atoms with Crippen LogP contribution in [0.5, 0.6) is 0 Å². The normalized spacial score (nSPS) is 11.3. The van der Waals surface area contributed by atoms with E-state index in [2.05, 4.69) is 11.8 Å². The predicted octanol–water partition coefficient (Wildman–Crippen LogP) is 2.06. The molecule has 0 heterocycles. The highest BCUT2D eigenvalue weighted by molar-refractivity contribution is 5.85. The summed E-state index contributed by atoms with van der Waals surface area (Å²) in [5.74, 6) is 5.66. The number of benzene rings is 1. The topological polar surface area (TPSA) is 43.1 Å². The van der Waals surface area contributed by atoms with Crippen LogP contribution >= 0.6 is 0 Å². The smallest absolute Gasteiger partial charge is 0.154 e. The van der Waals surface area contributed by atoms with Gasteiger partial charge in [0, 0.05) is 12.8 Å². The van der Waals surface area contributed by atoms with E-state index in [0.29, 0.717) is 12.8 Å². The van der Waals surface area contributed by atoms with Crippen LogP contribution in [0.2, 0.25) is 0 Å². The maximum atomic E-state index is 11.6. The van der Waals surface area contributed by atoms with Crippen molar-refractivity contribution in [2.45, 2.75) is 25.8 Å². The Kier molecular flexibility index (Phi) is 4.59. The molecule has 0 radical (unpaired) electrons. The Labute approximate surface area is 90.5 Å². The van der Waals surface area contributed by atoms with E-state index >= 15 is 0 Å². The molecule has 0 aliphatic heterocycles. The lowest BCUT2D eigenvalue weighted by molar-refractivity contribution is -0.120. The molecule has 0 aromatic heterocycles. The molecule has 0 fully saturated rings. The molecule has 0 saturated carbocycles. The van der Waals surface area contributed by atoms with Crippen molar-refractivity contribution in [1.29, 1.82) is 0 Å². The first-order valence-electron chi connectivity index (χ1n) is 4.98. The fraction of sp³-hybridized carbons (Fsp3) is 0.308. The number of ketones is 1. The summed E-state index contributed by atoms with van der Waals surface area (Å²) in [5.41, 5.74) is 6.69. The fourth-order valence-electron chi connectivity index (χ4n) is 1.31. The van der Waals surface area contributed by atoms with Crippen molar-refractivity contribution in [3.63, 3.8) is 0 Å². The zero-order valence-corrected chi connectivity index (χ0v) is 8.86. The van der Waals surface area contributed by atoms with Gasteiger partial charge in [-0.15, -0.1) is 11.8 Å². The molecule has 2 heteroatoms. The fourth-order valence-corrected chi connectivity index (χ4v) is 1.31. The molecule has 2 nitrogen and oxygen atoms in total. The quantitative estimate of drug-likeness (QED) is 0.758. The van der Waals surface area contributed by atoms with E-state index in [1.165, 1.54) is 0 Å². The molecule has 0 amide bonds. The maximum absolute atomic E-state index is 11.6. The Bertz CT molecular complexity index is 373. The Morgan fingerprint density at radius 2 is 2.07 bits per heavy atom. The molecule has 1 atom stereocenters. The van der Waals surface area contributed by atoms with Crippen LogP contribution in [-0.4, -0.2) is 5.78 Å². The molecule has 1 aromatic rings. The minimum Gasteiger partial charge on any atom is -0.318 e. The third kappa shape index (κ3) is 3.57. The van der Waals surface area contributed by atoms with Gasteiger partial charge >= 0.3 is 0 Å². The summed E-state index contributed by atoms with van der Waals surface area (Å²) in [6.07, 6.45) is 1.02. The van der Waals surface area contributed by atoms with E-state index in [4.69, 9.17) is 5.73 Å². The third-order valence-electron chi connectivity index (χ3n) is 2.18. The Balaban J connectivity index is 2.56. The lowest BCUT2D eigenvalue weighted by Gasteiger charge is -2.09. The second kappa shape index (κ2) is 6.00. The molecule has 2 N–H and O–H groups in total. The van der Waals surface area contributed by atoms with Crippen molar-refractivity contribution in [3.05, 3.63) is 35.9 Å². The van der Waals surface area contributed by atoms with Crippen LogP contribution in [0.15, 0.2) is 30.3 Å². The van der Waals surface area contributed by atoms with Crippen molar-refractivity contribution in [2.75, 3.05) is 0 Å². The summed E-state index contributed by atoms with van der Waals surface area (Å²) in [5, 5.41) is 0. The van der Waals surface area contributed by atoms with Gasteiger partial charge in [-0.1, -0.05) is 30.3 Å². The summed E-state index contributed by atoms with van der Waals surface area (Å²) in [4.78, 5) is 11.6. The molecule has 1 rings (SSSR count). The van der Waals surface area contributed by atoms with E-state index < -0.39 is 6.04 Å². The Morgan fingerprint density at radius 3 is 2.67 bits per heavy atom. The summed E-state index contributed by atoms with van der Waals surface area (Å²) >= 11 is 0. The van der Waals surface area contributed by atoms with Gasteiger partial charge in [-0.25, -0.2) is 0 Å². The van der Waals surface area contributed by atoms with Crippen LogP contribution in [-0.2, 0) is 4.79 Å². The van der Waals surface area contributed by atoms with Crippen molar-refractivity contribution in [3.8, 4) is 11.8 Å². The number of rotatable bonds is 4. The molecule has 0 saturated heterocycles. The van der Waals surface area contributed by atoms with E-state index in [-0.39, 0.29) is 5.78 Å². The molecule has 78 valence electrons. The van der Waals surface area contributed by atoms with E-state index in [1.54, 1.807) is 6.92 Å². The molecule has 0 aliphatic carbocycles. The van der Waals surface area contributed by atoms with Crippen molar-refractivity contribution >= 4 is 5.78 Å². The molecular weight excluding hydrogens is 186 g/mol. The van der Waals surface area contributed by atoms with Gasteiger partial charge in [-0.05, 0) is 12.5 Å². The second-order valence-corrected chi connectivity index (χ2v) is 3.28. The molecular formula is C13H15NO. The van der Waals surface area contributed by atoms with Crippen LogP contribution in [0, 0.1) is 11.8 Å². The molecule has 0 bridgehead atoms. The van der Waals surface area contributed by atoms with Crippen LogP contribution in [0.1, 0.15) is 31.4 Å². The first-order chi connectivity index (χ1) is 7.25. The van der Waals surface area contributed by atoms with Gasteiger partial charge in [0.05, 0.1) is 6.04 Å². The molecule has 0 aliphatic rings. The summed E-state index contributed by atoms with van der Waals surface area (Å²) < 4.78 is 0. The van der Waals surface area contributed by atoms with Crippen LogP contribution in [0.3, 0.4) is 0 Å². The maximum Gasteiger partial charge on any atom is 0.154 e. The number of hydrogen-bond donors (Lipinski definition) is 1. The van der Waals surface area contributed by atoms with E-state index in [1.807, 2.05) is 30.3 Å². The molecule has 1 aromatic carbocycles. The summed E-state index contributed by atoms with van der Waals surface area (Å²) in [6, 6.07) is 8.90. The second-order valence-electron chi connectivity index (χ2n) is 3.28. The van der Waals surface area contributed by atoms with Gasteiger partial charge < -0.3 is 5.73 Å². The van der Waals surface area contributed by atoms with Crippen LogP contribution in [0.4, 0.5) is 0 Å². The first-order valence-corrected chi connectivity index (χ1v) is 4.98. The minimum atomic E-state index is -0.509. The largest absolute Gasteiger partial charge is 0.318 e. The zero-order chi connectivity index (χ0) is 11.1. The van der Waals surface area contributed by atoms with Crippen molar-refractivity contribution in [1.82, 2.24) is 0 Å². The summed E-state index contributed by atoms with van der Waals surface area (Å²) in [7, 11) is 0. The van der Waals surface area contributed by atoms with Gasteiger partial charge in [0.15, 0.2) is 5.78 Å². The first kappa shape index (κ1) is 11.5. The lowest BCUT2D eigenvalue weighted by atomic mass is 10.0. The van der Waals surface area contributed by atoms with E-state index in [0.717, 1.165) is 5.56 Å². The number of hydrogen-bond acceptors (Lipinski definition) is 2. The average Bonchev–Trinajstić information content (AvgIpc) is 2.29. The van der Waals surface area contributed by atoms with Gasteiger partial charge in [-0.2, -0.15) is 0 Å². The van der Waals surface area contributed by atoms with E-state index in [9.17, 15) is 4.79 Å². The van der Waals surface area contributed by atoms with Gasteiger partial charge in [0.2, 0.25) is 0 Å². The average molecular weight is 201 g/mol. The predicted molar refractivity (Wildman–Crippen MR) is 61.1 cm³/mol. The third-order valence-corrected chi connectivity index (χ3v) is 2.18. The van der Waals surface area contributed by atoms with Crippen LogP contribution < -0.4 is 5.73 Å². The number of carbonyl (C=O) groups excluding carboxylic acids is 1. The Hall–Kier alpha value is -1.59. The Morgan fingerprint density at radius 1 is 1.40 bits per heavy atom. The molecule has 15 heavy (non-hydrogen) atoms. The monoisotopic (exact) mass is 201 g/mol. The highest BCUT2D eigenvalue weighted by Gasteiger charge is 2.13. The zero-order valence-electron chi connectivity index (χ0n) is 8.86. The van der Waals surface area contributed by atoms with Crippen molar-refractivity contribution < 1.29 is 4.79 Å². The van der Waals surface area contributed by atoms with Gasteiger partial charge in [-0.3, -0.25) is 4.79 Å². The molecule has 0 spiro atoms. The number of nitrogens with two attached hydrogens (primary N) is 1.